The number of aromatic nitrogens is 2. The second-order valence-electron chi connectivity index (χ2n) is 5.91. The van der Waals surface area contributed by atoms with Crippen molar-refractivity contribution in [2.75, 3.05) is 18.9 Å². The van der Waals surface area contributed by atoms with Gasteiger partial charge in [0.25, 0.3) is 0 Å². The van der Waals surface area contributed by atoms with E-state index in [9.17, 15) is 0 Å². The van der Waals surface area contributed by atoms with Crippen LogP contribution >= 0.6 is 0 Å². The third kappa shape index (κ3) is 4.33. The zero-order chi connectivity index (χ0) is 18.4. The summed E-state index contributed by atoms with van der Waals surface area (Å²) in [6, 6.07) is 13.9. The molecule has 0 fully saturated rings. The molecular formula is C19H23N6O+. The molecule has 0 radical (unpaired) electrons. The molecule has 7 nitrogen and oxygen atoms in total. The first-order valence-electron chi connectivity index (χ1n) is 8.48. The lowest BCUT2D eigenvalue weighted by Crippen LogP contribution is -2.76. The Morgan fingerprint density at radius 3 is 2.96 bits per heavy atom. The van der Waals surface area contributed by atoms with Crippen molar-refractivity contribution in [3.8, 4) is 0 Å². The molecule has 0 atom stereocenters. The molecule has 0 aliphatic rings. The molecule has 0 saturated heterocycles. The molecule has 0 spiro atoms. The van der Waals surface area contributed by atoms with E-state index in [1.165, 1.54) is 5.56 Å². The summed E-state index contributed by atoms with van der Waals surface area (Å²) in [5.74, 6) is 0.738. The average molecular weight is 351 g/mol. The van der Waals surface area contributed by atoms with Gasteiger partial charge in [0.2, 0.25) is 5.82 Å². The first-order chi connectivity index (χ1) is 12.7. The predicted octanol–water partition coefficient (Wildman–Crippen LogP) is 1.31. The summed E-state index contributed by atoms with van der Waals surface area (Å²) in [4.78, 5) is 14.0. The van der Waals surface area contributed by atoms with Crippen LogP contribution in [-0.4, -0.2) is 28.8 Å². The van der Waals surface area contributed by atoms with E-state index in [0.29, 0.717) is 24.6 Å². The first-order valence-corrected chi connectivity index (χ1v) is 8.48. The monoisotopic (exact) mass is 351 g/mol. The number of anilines is 1. The van der Waals surface area contributed by atoms with Crippen molar-refractivity contribution in [3.05, 3.63) is 59.9 Å². The standard InChI is InChI=1S/C19H22N6O/c1-13(25-26-10-8-20)17-7-5-16(21)19(24-17)23-12-14-4-6-18-15(11-14)3-2-9-22-18/h2-7,9,11H,8,10,12,20-21H2,1H3,(H,23,24)/p+1/b25-13+. The van der Waals surface area contributed by atoms with Gasteiger partial charge in [-0.05, 0) is 37.3 Å². The Morgan fingerprint density at radius 1 is 1.23 bits per heavy atom. The SMILES string of the molecule is C/C(=N\OCCN)c1ccc(N)c([NH2+]Cc2ccc3ncccc3c2)n1. The molecule has 26 heavy (non-hydrogen) atoms. The van der Waals surface area contributed by atoms with Crippen LogP contribution in [0.3, 0.4) is 0 Å². The van der Waals surface area contributed by atoms with E-state index in [2.05, 4.69) is 33.3 Å². The van der Waals surface area contributed by atoms with Crippen molar-refractivity contribution >= 4 is 28.1 Å². The van der Waals surface area contributed by atoms with Gasteiger partial charge in [0.15, 0.2) is 0 Å². The lowest BCUT2D eigenvalue weighted by molar-refractivity contribution is -0.591. The number of hydrogen-bond acceptors (Lipinski definition) is 6. The third-order valence-corrected chi connectivity index (χ3v) is 3.94. The lowest BCUT2D eigenvalue weighted by atomic mass is 10.1. The Balaban J connectivity index is 1.74. The summed E-state index contributed by atoms with van der Waals surface area (Å²) in [7, 11) is 0. The van der Waals surface area contributed by atoms with Crippen LogP contribution in [-0.2, 0) is 11.4 Å². The van der Waals surface area contributed by atoms with Crippen LogP contribution in [0.15, 0.2) is 53.8 Å². The molecule has 0 aliphatic heterocycles. The predicted molar refractivity (Wildman–Crippen MR) is 103 cm³/mol. The van der Waals surface area contributed by atoms with Crippen molar-refractivity contribution < 1.29 is 10.2 Å². The molecule has 0 unspecified atom stereocenters. The molecular weight excluding hydrogens is 328 g/mol. The summed E-state index contributed by atoms with van der Waals surface area (Å²) >= 11 is 0. The van der Waals surface area contributed by atoms with Gasteiger partial charge in [0.05, 0.1) is 11.2 Å². The maximum Gasteiger partial charge on any atom is 0.248 e. The zero-order valence-corrected chi connectivity index (χ0v) is 14.7. The second-order valence-corrected chi connectivity index (χ2v) is 5.91. The van der Waals surface area contributed by atoms with Crippen molar-refractivity contribution in [2.24, 2.45) is 10.9 Å². The summed E-state index contributed by atoms with van der Waals surface area (Å²) in [5, 5.41) is 7.16. The van der Waals surface area contributed by atoms with E-state index in [-0.39, 0.29) is 0 Å². The van der Waals surface area contributed by atoms with E-state index in [0.717, 1.165) is 29.0 Å². The largest absolute Gasteiger partial charge is 0.394 e. The Morgan fingerprint density at radius 2 is 2.12 bits per heavy atom. The van der Waals surface area contributed by atoms with Crippen molar-refractivity contribution in [1.82, 2.24) is 9.97 Å². The summed E-state index contributed by atoms with van der Waals surface area (Å²) in [6.45, 7) is 3.37. The second kappa shape index (κ2) is 8.37. The molecule has 3 aromatic rings. The van der Waals surface area contributed by atoms with E-state index >= 15 is 0 Å². The molecule has 7 heteroatoms. The van der Waals surface area contributed by atoms with Gasteiger partial charge < -0.3 is 16.3 Å². The van der Waals surface area contributed by atoms with Crippen LogP contribution in [0.2, 0.25) is 0 Å². The van der Waals surface area contributed by atoms with Gasteiger partial charge in [-0.3, -0.25) is 10.3 Å². The van der Waals surface area contributed by atoms with E-state index in [4.69, 9.17) is 16.3 Å². The molecule has 0 bridgehead atoms. The van der Waals surface area contributed by atoms with Crippen LogP contribution in [0.1, 0.15) is 18.2 Å². The van der Waals surface area contributed by atoms with Crippen molar-refractivity contribution in [3.63, 3.8) is 0 Å². The van der Waals surface area contributed by atoms with Crippen LogP contribution in [0.5, 0.6) is 0 Å². The summed E-state index contributed by atoms with van der Waals surface area (Å²) in [6.07, 6.45) is 1.80. The highest BCUT2D eigenvalue weighted by molar-refractivity contribution is 5.97. The van der Waals surface area contributed by atoms with Gasteiger partial charge in [-0.15, -0.1) is 0 Å². The van der Waals surface area contributed by atoms with E-state index in [1.54, 1.807) is 6.20 Å². The van der Waals surface area contributed by atoms with Crippen LogP contribution < -0.4 is 16.8 Å². The maximum atomic E-state index is 6.07. The summed E-state index contributed by atoms with van der Waals surface area (Å²) in [5.41, 5.74) is 15.7. The number of pyridine rings is 2. The fourth-order valence-electron chi connectivity index (χ4n) is 2.56. The van der Waals surface area contributed by atoms with Crippen LogP contribution in [0.25, 0.3) is 10.9 Å². The molecule has 0 saturated carbocycles. The highest BCUT2D eigenvalue weighted by atomic mass is 16.6. The first kappa shape index (κ1) is 17.8. The zero-order valence-electron chi connectivity index (χ0n) is 14.7. The topological polar surface area (TPSA) is 116 Å². The summed E-state index contributed by atoms with van der Waals surface area (Å²) < 4.78 is 0. The number of nitrogens with zero attached hydrogens (tertiary/aromatic N) is 3. The van der Waals surface area contributed by atoms with Gasteiger partial charge in [-0.2, -0.15) is 4.98 Å². The number of benzene rings is 1. The Kier molecular flexibility index (Phi) is 5.73. The fourth-order valence-corrected chi connectivity index (χ4v) is 2.56. The normalized spacial score (nSPS) is 11.7. The number of nitrogens with two attached hydrogens (primary N) is 3. The number of hydrogen-bond donors (Lipinski definition) is 3. The third-order valence-electron chi connectivity index (χ3n) is 3.94. The van der Waals surface area contributed by atoms with Crippen molar-refractivity contribution in [1.29, 1.82) is 0 Å². The Bertz CT molecular complexity index is 925. The maximum absolute atomic E-state index is 6.07. The molecule has 1 aromatic carbocycles. The van der Waals surface area contributed by atoms with E-state index in [1.807, 2.05) is 36.5 Å². The number of oxime groups is 1. The van der Waals surface area contributed by atoms with Gasteiger partial charge in [0, 0.05) is 23.7 Å². The van der Waals surface area contributed by atoms with Gasteiger partial charge in [0.1, 0.15) is 24.6 Å². The quantitative estimate of drug-likeness (QED) is 0.337. The highest BCUT2D eigenvalue weighted by Crippen LogP contribution is 2.14. The Hall–Kier alpha value is -3.03. The number of nitrogen functional groups attached to an aromatic ring is 1. The minimum atomic E-state index is 0.377. The van der Waals surface area contributed by atoms with E-state index < -0.39 is 0 Å². The highest BCUT2D eigenvalue weighted by Gasteiger charge is 2.10. The molecule has 6 N–H and O–H groups in total. The average Bonchev–Trinajstić information content (AvgIpc) is 2.67. The van der Waals surface area contributed by atoms with Crippen LogP contribution in [0, 0.1) is 0 Å². The molecule has 134 valence electrons. The fraction of sp³-hybridized carbons (Fsp3) is 0.211. The van der Waals surface area contributed by atoms with Crippen molar-refractivity contribution in [2.45, 2.75) is 13.5 Å². The smallest absolute Gasteiger partial charge is 0.248 e. The minimum absolute atomic E-state index is 0.377. The number of fused-ring (bicyclic) bond motifs is 1. The van der Waals surface area contributed by atoms with Crippen LogP contribution in [0.4, 0.5) is 11.5 Å². The lowest BCUT2D eigenvalue weighted by Gasteiger charge is -2.07. The minimum Gasteiger partial charge on any atom is -0.394 e. The molecule has 0 aliphatic carbocycles. The van der Waals surface area contributed by atoms with Gasteiger partial charge in [-0.1, -0.05) is 17.3 Å². The van der Waals surface area contributed by atoms with Gasteiger partial charge in [-0.25, -0.2) is 0 Å². The Labute approximate surface area is 152 Å². The number of quaternary nitrogens is 1. The molecule has 2 heterocycles. The molecule has 3 rings (SSSR count). The molecule has 0 amide bonds. The van der Waals surface area contributed by atoms with Gasteiger partial charge >= 0.3 is 0 Å². The molecule has 2 aromatic heterocycles. The number of rotatable bonds is 7.